The van der Waals surface area contributed by atoms with Crippen LogP contribution in [0.3, 0.4) is 0 Å². The average Bonchev–Trinajstić information content (AvgIpc) is 3.41. The van der Waals surface area contributed by atoms with E-state index in [1.807, 2.05) is 6.08 Å². The van der Waals surface area contributed by atoms with Gasteiger partial charge in [0.1, 0.15) is 0 Å². The van der Waals surface area contributed by atoms with Gasteiger partial charge in [-0.25, -0.2) is 0 Å². The summed E-state index contributed by atoms with van der Waals surface area (Å²) in [5, 5.41) is 0. The van der Waals surface area contributed by atoms with Crippen molar-refractivity contribution >= 4 is 28.4 Å². The van der Waals surface area contributed by atoms with E-state index in [0.717, 1.165) is 0 Å². The normalized spacial score (nSPS) is 21.1. The van der Waals surface area contributed by atoms with Gasteiger partial charge in [-0.3, -0.25) is 0 Å². The number of rotatable bonds is 2. The van der Waals surface area contributed by atoms with Crippen LogP contribution < -0.4 is 8.79 Å². The fourth-order valence-corrected chi connectivity index (χ4v) is 21.5. The van der Waals surface area contributed by atoms with E-state index in [-0.39, 0.29) is 5.97 Å². The average molecular weight is 573 g/mol. The van der Waals surface area contributed by atoms with Crippen LogP contribution in [0.5, 0.6) is 0 Å². The molecule has 0 aromatic heterocycles. The first-order chi connectivity index (χ1) is 18.7. The number of ether oxygens (including phenoxy) is 1. The van der Waals surface area contributed by atoms with E-state index in [4.69, 9.17) is 8.50 Å². The van der Waals surface area contributed by atoms with Crippen LogP contribution in [0.15, 0.2) is 84.9 Å². The third-order valence-electron chi connectivity index (χ3n) is 9.06. The van der Waals surface area contributed by atoms with Crippen molar-refractivity contribution in [1.29, 1.82) is 0 Å². The molecule has 0 saturated carbocycles. The molecular formula is C35H32GeO3. The molecule has 0 radical (unpaired) electrons. The molecule has 4 heteroatoms. The number of aryl methyl sites for hydroxylation is 6. The molecule has 39 heavy (non-hydrogen) atoms. The van der Waals surface area contributed by atoms with E-state index in [0.29, 0.717) is 0 Å². The molecule has 3 nitrogen and oxygen atoms in total. The predicted octanol–water partition coefficient (Wildman–Crippen LogP) is 5.94. The zero-order valence-electron chi connectivity index (χ0n) is 23.3. The van der Waals surface area contributed by atoms with Gasteiger partial charge in [0.05, 0.1) is 0 Å². The minimum atomic E-state index is -4.03. The Bertz CT molecular complexity index is 1610. The number of carbonyl (C=O) groups is 1. The number of esters is 1. The minimum absolute atomic E-state index is 0.345. The Kier molecular flexibility index (Phi) is 5.09. The number of fused-ring (bicyclic) bond motifs is 6. The monoisotopic (exact) mass is 574 g/mol. The number of hydrogen-bond donors (Lipinski definition) is 0. The number of hydrogen-bond acceptors (Lipinski definition) is 3. The van der Waals surface area contributed by atoms with Crippen LogP contribution in [0.2, 0.25) is 0 Å². The molecule has 2 heterocycles. The molecule has 4 aromatic carbocycles. The Labute approximate surface area is 233 Å². The van der Waals surface area contributed by atoms with Gasteiger partial charge in [0, 0.05) is 0 Å². The molecule has 1 saturated heterocycles. The summed E-state index contributed by atoms with van der Waals surface area (Å²) in [5.74, 6) is -1.54. The Morgan fingerprint density at radius 1 is 0.641 bits per heavy atom. The standard InChI is InChI=1S/C35H32GeO3/c1-21-17-23(3)32(24(4)18-21)36(33-25(5)19-22(2)20-26(33)6)35(34(39-36)16-15-31(37)38-34)29-13-9-7-11-27(29)28-12-8-10-14-30(28)35/h7-20H,1-6H3. The van der Waals surface area contributed by atoms with Crippen molar-refractivity contribution in [2.45, 2.75) is 51.6 Å². The summed E-state index contributed by atoms with van der Waals surface area (Å²) >= 11 is -4.03. The maximum atomic E-state index is 12.9. The molecule has 194 valence electrons. The second-order valence-corrected chi connectivity index (χ2v) is 18.6. The molecule has 2 spiro atoms. The summed E-state index contributed by atoms with van der Waals surface area (Å²) in [6.07, 6.45) is 3.45. The molecule has 7 rings (SSSR count). The van der Waals surface area contributed by atoms with Gasteiger partial charge in [0.2, 0.25) is 0 Å². The molecule has 2 aliphatic heterocycles. The zero-order valence-corrected chi connectivity index (χ0v) is 25.4. The molecule has 3 aliphatic rings. The predicted molar refractivity (Wildman–Crippen MR) is 158 cm³/mol. The second kappa shape index (κ2) is 8.06. The molecule has 4 aromatic rings. The van der Waals surface area contributed by atoms with Crippen molar-refractivity contribution in [2.75, 3.05) is 0 Å². The Morgan fingerprint density at radius 2 is 1.08 bits per heavy atom. The molecule has 0 amide bonds. The first-order valence-electron chi connectivity index (χ1n) is 13.6. The topological polar surface area (TPSA) is 35.5 Å². The second-order valence-electron chi connectivity index (χ2n) is 11.6. The van der Waals surface area contributed by atoms with Gasteiger partial charge < -0.3 is 0 Å². The van der Waals surface area contributed by atoms with Crippen LogP contribution in [-0.2, 0) is 17.5 Å². The van der Waals surface area contributed by atoms with E-state index in [2.05, 4.69) is 114 Å². The molecule has 1 aliphatic carbocycles. The summed E-state index contributed by atoms with van der Waals surface area (Å²) in [5.41, 5.74) is 12.3. The van der Waals surface area contributed by atoms with E-state index in [9.17, 15) is 4.79 Å². The summed E-state index contributed by atoms with van der Waals surface area (Å²) in [6.45, 7) is 13.2. The fraction of sp³-hybridized carbons (Fsp3) is 0.229. The van der Waals surface area contributed by atoms with Gasteiger partial charge in [-0.1, -0.05) is 0 Å². The van der Waals surface area contributed by atoms with Crippen molar-refractivity contribution < 1.29 is 13.3 Å². The molecule has 1 unspecified atom stereocenters. The first kappa shape index (κ1) is 24.6. The molecule has 1 fully saturated rings. The van der Waals surface area contributed by atoms with Crippen LogP contribution in [-0.4, -0.2) is 25.4 Å². The summed E-state index contributed by atoms with van der Waals surface area (Å²) < 4.78 is 15.8. The Balaban J connectivity index is 1.74. The summed E-state index contributed by atoms with van der Waals surface area (Å²) in [6, 6.07) is 26.5. The zero-order chi connectivity index (χ0) is 27.3. The quantitative estimate of drug-likeness (QED) is 0.220. The maximum absolute atomic E-state index is 12.9. The van der Waals surface area contributed by atoms with Gasteiger partial charge in [0.15, 0.2) is 0 Å². The van der Waals surface area contributed by atoms with Crippen molar-refractivity contribution in [3.05, 3.63) is 129 Å². The first-order valence-corrected chi connectivity index (χ1v) is 17.6. The SMILES string of the molecule is Cc1cc(C)[c]([Ge]2([c]3c(C)cc(C)cc3C)[O]C3(C=CC(=O)O3)[C]23c2ccccc2-c2ccccc23)c(C)c1. The third kappa shape index (κ3) is 2.85. The Hall–Kier alpha value is -3.41. The van der Waals surface area contributed by atoms with Crippen molar-refractivity contribution in [2.24, 2.45) is 0 Å². The molecule has 1 atom stereocenters. The van der Waals surface area contributed by atoms with Crippen LogP contribution in [0, 0.1) is 41.5 Å². The van der Waals surface area contributed by atoms with Crippen LogP contribution >= 0.6 is 0 Å². The molecule has 0 N–H and O–H groups in total. The van der Waals surface area contributed by atoms with Crippen molar-refractivity contribution in [3.8, 4) is 11.1 Å². The third-order valence-corrected chi connectivity index (χ3v) is 20.7. The van der Waals surface area contributed by atoms with Gasteiger partial charge in [-0.05, 0) is 0 Å². The van der Waals surface area contributed by atoms with E-state index in [1.54, 1.807) is 6.08 Å². The van der Waals surface area contributed by atoms with Gasteiger partial charge >= 0.3 is 234 Å². The molecule has 0 bridgehead atoms. The summed E-state index contributed by atoms with van der Waals surface area (Å²) in [7, 11) is 0. The van der Waals surface area contributed by atoms with E-state index >= 15 is 0 Å². The number of benzene rings is 4. The van der Waals surface area contributed by atoms with Crippen molar-refractivity contribution in [3.63, 3.8) is 0 Å². The summed E-state index contributed by atoms with van der Waals surface area (Å²) in [4.78, 5) is 12.9. The van der Waals surface area contributed by atoms with E-state index in [1.165, 1.54) is 64.4 Å². The van der Waals surface area contributed by atoms with Gasteiger partial charge in [-0.2, -0.15) is 0 Å². The van der Waals surface area contributed by atoms with Crippen LogP contribution in [0.25, 0.3) is 11.1 Å². The fourth-order valence-electron chi connectivity index (χ4n) is 8.29. The van der Waals surface area contributed by atoms with Gasteiger partial charge in [-0.15, -0.1) is 0 Å². The van der Waals surface area contributed by atoms with E-state index < -0.39 is 23.6 Å². The molecular weight excluding hydrogens is 541 g/mol. The van der Waals surface area contributed by atoms with Crippen molar-refractivity contribution in [1.82, 2.24) is 0 Å². The van der Waals surface area contributed by atoms with Gasteiger partial charge in [0.25, 0.3) is 0 Å². The van der Waals surface area contributed by atoms with Crippen LogP contribution in [0.1, 0.15) is 44.5 Å². The van der Waals surface area contributed by atoms with Crippen LogP contribution in [0.4, 0.5) is 0 Å². The number of carbonyl (C=O) groups excluding carboxylic acids is 1. The Morgan fingerprint density at radius 3 is 1.49 bits per heavy atom.